The number of hydrogen-bond donors (Lipinski definition) is 0. The second kappa shape index (κ2) is 7.48. The Morgan fingerprint density at radius 1 is 1.12 bits per heavy atom. The van der Waals surface area contributed by atoms with Crippen LogP contribution in [0.2, 0.25) is 0 Å². The maximum atomic E-state index is 12.7. The van der Waals surface area contributed by atoms with E-state index in [1.165, 1.54) is 45.1 Å². The molecular formula is C28H46N2O2. The average molecular weight is 443 g/mol. The van der Waals surface area contributed by atoms with E-state index < -0.39 is 5.60 Å². The highest BCUT2D eigenvalue weighted by molar-refractivity contribution is 5.68. The van der Waals surface area contributed by atoms with Crippen molar-refractivity contribution >= 4 is 6.09 Å². The molecule has 1 spiro atoms. The van der Waals surface area contributed by atoms with Gasteiger partial charge >= 0.3 is 6.09 Å². The molecule has 5 aliphatic rings. The number of amides is 1. The molecule has 3 saturated carbocycles. The van der Waals surface area contributed by atoms with Crippen molar-refractivity contribution in [3.63, 3.8) is 0 Å². The maximum Gasteiger partial charge on any atom is 0.410 e. The number of ether oxygens (including phenoxy) is 1. The first kappa shape index (κ1) is 22.7. The van der Waals surface area contributed by atoms with Crippen molar-refractivity contribution in [3.8, 4) is 0 Å². The SMILES string of the molecule is C[C@H]1[C@H]2CC[C@H]3[C@@H]4CC=C5C[C@@H](N(C)C(=O)OC(C)(C)C)CC[C@]5(C)[C@H]4CCC23CN1C. The molecule has 1 heterocycles. The van der Waals surface area contributed by atoms with Gasteiger partial charge in [-0.1, -0.05) is 18.6 Å². The van der Waals surface area contributed by atoms with E-state index in [1.54, 1.807) is 5.57 Å². The molecular weight excluding hydrogens is 396 g/mol. The first-order chi connectivity index (χ1) is 15.0. The Morgan fingerprint density at radius 3 is 2.56 bits per heavy atom. The molecule has 1 aliphatic heterocycles. The molecule has 4 fully saturated rings. The van der Waals surface area contributed by atoms with Gasteiger partial charge in [-0.15, -0.1) is 0 Å². The third-order valence-electron chi connectivity index (χ3n) is 10.9. The van der Waals surface area contributed by atoms with E-state index in [9.17, 15) is 4.79 Å². The molecule has 0 aromatic heterocycles. The second-order valence-corrected chi connectivity index (χ2v) is 13.4. The van der Waals surface area contributed by atoms with Crippen LogP contribution in [0.1, 0.15) is 86.0 Å². The van der Waals surface area contributed by atoms with Gasteiger partial charge in [0.05, 0.1) is 0 Å². The van der Waals surface area contributed by atoms with Crippen LogP contribution in [-0.2, 0) is 4.74 Å². The molecule has 0 N–H and O–H groups in total. The zero-order valence-electron chi connectivity index (χ0n) is 21.6. The molecule has 0 bridgehead atoms. The Bertz CT molecular complexity index is 800. The highest BCUT2D eigenvalue weighted by Crippen LogP contribution is 2.68. The minimum absolute atomic E-state index is 0.170. The van der Waals surface area contributed by atoms with E-state index in [0.717, 1.165) is 42.6 Å². The third-order valence-corrected chi connectivity index (χ3v) is 10.9. The van der Waals surface area contributed by atoms with Crippen molar-refractivity contribution in [2.75, 3.05) is 20.6 Å². The zero-order chi connectivity index (χ0) is 23.1. The van der Waals surface area contributed by atoms with Crippen LogP contribution in [0.4, 0.5) is 4.79 Å². The largest absolute Gasteiger partial charge is 0.444 e. The van der Waals surface area contributed by atoms with Crippen molar-refractivity contribution in [2.45, 2.75) is 104 Å². The maximum absolute atomic E-state index is 12.7. The number of likely N-dealkylation sites (tertiary alicyclic amines) is 1. The molecule has 32 heavy (non-hydrogen) atoms. The number of rotatable bonds is 1. The second-order valence-electron chi connectivity index (χ2n) is 13.4. The molecule has 8 atom stereocenters. The highest BCUT2D eigenvalue weighted by atomic mass is 16.6. The lowest BCUT2D eigenvalue weighted by molar-refractivity contribution is -0.0448. The van der Waals surface area contributed by atoms with Crippen LogP contribution in [0.3, 0.4) is 0 Å². The summed E-state index contributed by atoms with van der Waals surface area (Å²) in [6, 6.07) is 1.04. The number of nitrogens with zero attached hydrogens (tertiary/aromatic N) is 2. The number of carbonyl (C=O) groups is 1. The number of fused-ring (bicyclic) bond motifs is 4. The number of hydrogen-bond acceptors (Lipinski definition) is 3. The molecule has 180 valence electrons. The van der Waals surface area contributed by atoms with E-state index >= 15 is 0 Å². The fourth-order valence-electron chi connectivity index (χ4n) is 9.26. The Balaban J connectivity index is 1.34. The van der Waals surface area contributed by atoms with Crippen molar-refractivity contribution in [2.24, 2.45) is 34.5 Å². The van der Waals surface area contributed by atoms with Crippen LogP contribution < -0.4 is 0 Å². The van der Waals surface area contributed by atoms with Gasteiger partial charge < -0.3 is 14.5 Å². The molecule has 1 unspecified atom stereocenters. The fraction of sp³-hybridized carbons (Fsp3) is 0.893. The number of allylic oxidation sites excluding steroid dienone is 1. The smallest absolute Gasteiger partial charge is 0.410 e. The monoisotopic (exact) mass is 442 g/mol. The summed E-state index contributed by atoms with van der Waals surface area (Å²) in [5.74, 6) is 3.57. The van der Waals surface area contributed by atoms with Gasteiger partial charge in [0.25, 0.3) is 0 Å². The summed E-state index contributed by atoms with van der Waals surface area (Å²) in [6.45, 7) is 12.2. The van der Waals surface area contributed by atoms with Gasteiger partial charge in [-0.05, 0) is 121 Å². The summed E-state index contributed by atoms with van der Waals surface area (Å²) in [6.07, 6.45) is 12.9. The van der Waals surface area contributed by atoms with E-state index in [4.69, 9.17) is 4.74 Å². The van der Waals surface area contributed by atoms with Crippen LogP contribution in [0.25, 0.3) is 0 Å². The normalized spacial score (nSPS) is 45.9. The van der Waals surface area contributed by atoms with Gasteiger partial charge in [-0.25, -0.2) is 4.79 Å². The minimum Gasteiger partial charge on any atom is -0.444 e. The van der Waals surface area contributed by atoms with Crippen LogP contribution in [0.5, 0.6) is 0 Å². The fourth-order valence-corrected chi connectivity index (χ4v) is 9.26. The Morgan fingerprint density at radius 2 is 1.84 bits per heavy atom. The molecule has 0 radical (unpaired) electrons. The first-order valence-corrected chi connectivity index (χ1v) is 13.3. The Hall–Kier alpha value is -1.03. The molecule has 4 aliphatic carbocycles. The van der Waals surface area contributed by atoms with Gasteiger partial charge in [-0.3, -0.25) is 0 Å². The topological polar surface area (TPSA) is 32.8 Å². The van der Waals surface area contributed by atoms with Crippen molar-refractivity contribution < 1.29 is 9.53 Å². The standard InChI is InChI=1S/C28H46N2O2/c1-18-22-10-11-24-21-9-8-19-16-20(30(7)25(31)32-26(2,3)4)12-14-27(19,5)23(21)13-15-28(22,24)17-29(18)6/h8,18,20-24H,9-17H2,1-7H3/t18-,20-,21+,22+,23-,24-,27-,28?/m0/s1. The molecule has 4 nitrogen and oxygen atoms in total. The van der Waals surface area contributed by atoms with E-state index in [0.29, 0.717) is 10.8 Å². The van der Waals surface area contributed by atoms with Gasteiger partial charge in [-0.2, -0.15) is 0 Å². The van der Waals surface area contributed by atoms with Gasteiger partial charge in [0, 0.05) is 25.7 Å². The van der Waals surface area contributed by atoms with Gasteiger partial charge in [0.1, 0.15) is 5.60 Å². The van der Waals surface area contributed by atoms with Crippen molar-refractivity contribution in [1.29, 1.82) is 0 Å². The average Bonchev–Trinajstić information content (AvgIpc) is 3.19. The van der Waals surface area contributed by atoms with Gasteiger partial charge in [0.2, 0.25) is 0 Å². The predicted molar refractivity (Wildman–Crippen MR) is 129 cm³/mol. The van der Waals surface area contributed by atoms with E-state index in [-0.39, 0.29) is 12.1 Å². The van der Waals surface area contributed by atoms with E-state index in [1.807, 2.05) is 32.7 Å². The van der Waals surface area contributed by atoms with Crippen LogP contribution >= 0.6 is 0 Å². The zero-order valence-corrected chi connectivity index (χ0v) is 21.6. The summed E-state index contributed by atoms with van der Waals surface area (Å²) >= 11 is 0. The Kier molecular flexibility index (Phi) is 5.32. The summed E-state index contributed by atoms with van der Waals surface area (Å²) in [5, 5.41) is 0. The lowest BCUT2D eigenvalue weighted by atomic mass is 9.47. The molecule has 1 amide bonds. The van der Waals surface area contributed by atoms with Crippen LogP contribution in [0, 0.1) is 34.5 Å². The van der Waals surface area contributed by atoms with E-state index in [2.05, 4.69) is 31.9 Å². The molecule has 4 heteroatoms. The van der Waals surface area contributed by atoms with Crippen molar-refractivity contribution in [3.05, 3.63) is 11.6 Å². The summed E-state index contributed by atoms with van der Waals surface area (Å²) in [4.78, 5) is 17.2. The third kappa shape index (κ3) is 3.29. The summed E-state index contributed by atoms with van der Waals surface area (Å²) in [5.41, 5.74) is 2.15. The predicted octanol–water partition coefficient (Wildman–Crippen LogP) is 6.11. The minimum atomic E-state index is -0.436. The van der Waals surface area contributed by atoms with Crippen molar-refractivity contribution in [1.82, 2.24) is 9.80 Å². The molecule has 0 aromatic carbocycles. The molecule has 1 saturated heterocycles. The van der Waals surface area contributed by atoms with Crippen LogP contribution in [-0.4, -0.2) is 54.2 Å². The summed E-state index contributed by atoms with van der Waals surface area (Å²) < 4.78 is 5.67. The lowest BCUT2D eigenvalue weighted by Crippen LogP contribution is -2.53. The first-order valence-electron chi connectivity index (χ1n) is 13.3. The highest BCUT2D eigenvalue weighted by Gasteiger charge is 2.64. The number of carbonyl (C=O) groups excluding carboxylic acids is 1. The molecule has 5 rings (SSSR count). The molecule has 0 aromatic rings. The van der Waals surface area contributed by atoms with Gasteiger partial charge in [0.15, 0.2) is 0 Å². The lowest BCUT2D eigenvalue weighted by Gasteiger charge is -2.58. The quantitative estimate of drug-likeness (QED) is 0.459. The summed E-state index contributed by atoms with van der Waals surface area (Å²) in [7, 11) is 4.30. The Labute approximate surface area is 196 Å². The van der Waals surface area contributed by atoms with Crippen LogP contribution in [0.15, 0.2) is 11.6 Å².